The lowest BCUT2D eigenvalue weighted by atomic mass is 10.0. The Labute approximate surface area is 95.3 Å². The molecule has 1 heterocycles. The zero-order chi connectivity index (χ0) is 11.3. The SMILES string of the molecule is CCSCC(C)NC(=O)C1COCC1N. The summed E-state index contributed by atoms with van der Waals surface area (Å²) in [7, 11) is 0. The fourth-order valence-corrected chi connectivity index (χ4v) is 2.20. The molecule has 0 bridgehead atoms. The fraction of sp³-hybridized carbons (Fsp3) is 0.900. The molecule has 1 aliphatic rings. The fourth-order valence-electron chi connectivity index (χ4n) is 1.53. The quantitative estimate of drug-likeness (QED) is 0.711. The summed E-state index contributed by atoms with van der Waals surface area (Å²) >= 11 is 1.82. The normalized spacial score (nSPS) is 27.7. The predicted octanol–water partition coefficient (Wildman–Crippen LogP) is 0.218. The molecule has 0 aliphatic carbocycles. The van der Waals surface area contributed by atoms with Crippen LogP contribution in [-0.2, 0) is 9.53 Å². The van der Waals surface area contributed by atoms with E-state index in [1.807, 2.05) is 18.7 Å². The van der Waals surface area contributed by atoms with Crippen LogP contribution in [0.1, 0.15) is 13.8 Å². The Hall–Kier alpha value is -0.260. The summed E-state index contributed by atoms with van der Waals surface area (Å²) in [5, 5.41) is 2.97. The summed E-state index contributed by atoms with van der Waals surface area (Å²) in [6, 6.07) is 0.0614. The zero-order valence-electron chi connectivity index (χ0n) is 9.36. The molecule has 3 unspecified atom stereocenters. The van der Waals surface area contributed by atoms with Crippen LogP contribution in [0.15, 0.2) is 0 Å². The van der Waals surface area contributed by atoms with Crippen LogP contribution in [-0.4, -0.2) is 42.7 Å². The highest BCUT2D eigenvalue weighted by atomic mass is 32.2. The minimum Gasteiger partial charge on any atom is -0.379 e. The van der Waals surface area contributed by atoms with Crippen LogP contribution in [0.3, 0.4) is 0 Å². The second kappa shape index (κ2) is 6.35. The van der Waals surface area contributed by atoms with Crippen molar-refractivity contribution in [1.82, 2.24) is 5.32 Å². The number of amides is 1. The smallest absolute Gasteiger partial charge is 0.227 e. The van der Waals surface area contributed by atoms with Crippen molar-refractivity contribution in [3.05, 3.63) is 0 Å². The average molecular weight is 232 g/mol. The molecule has 0 spiro atoms. The molecule has 4 nitrogen and oxygen atoms in total. The van der Waals surface area contributed by atoms with E-state index in [9.17, 15) is 4.79 Å². The van der Waals surface area contributed by atoms with Gasteiger partial charge in [-0.2, -0.15) is 11.8 Å². The second-order valence-corrected chi connectivity index (χ2v) is 5.20. The molecule has 0 saturated carbocycles. The first-order valence-corrected chi connectivity index (χ1v) is 6.52. The Bertz CT molecular complexity index is 214. The number of nitrogens with two attached hydrogens (primary N) is 1. The molecular formula is C10H20N2O2S. The van der Waals surface area contributed by atoms with Crippen LogP contribution in [0.2, 0.25) is 0 Å². The number of hydrogen-bond donors (Lipinski definition) is 2. The van der Waals surface area contributed by atoms with Crippen molar-refractivity contribution in [1.29, 1.82) is 0 Å². The van der Waals surface area contributed by atoms with Gasteiger partial charge in [0.2, 0.25) is 5.91 Å². The summed E-state index contributed by atoms with van der Waals surface area (Å²) in [6.07, 6.45) is 0. The van der Waals surface area contributed by atoms with Crippen molar-refractivity contribution in [2.75, 3.05) is 24.7 Å². The van der Waals surface area contributed by atoms with Gasteiger partial charge in [0.05, 0.1) is 19.1 Å². The molecule has 0 aromatic rings. The number of nitrogens with one attached hydrogen (secondary N) is 1. The third-order valence-corrected chi connectivity index (χ3v) is 3.57. The predicted molar refractivity (Wildman–Crippen MR) is 62.9 cm³/mol. The van der Waals surface area contributed by atoms with Gasteiger partial charge in [0.15, 0.2) is 0 Å². The summed E-state index contributed by atoms with van der Waals surface area (Å²) < 4.78 is 5.16. The molecule has 1 fully saturated rings. The van der Waals surface area contributed by atoms with E-state index < -0.39 is 0 Å². The number of thioether (sulfide) groups is 1. The highest BCUT2D eigenvalue weighted by Gasteiger charge is 2.31. The van der Waals surface area contributed by atoms with E-state index in [1.165, 1.54) is 0 Å². The zero-order valence-corrected chi connectivity index (χ0v) is 10.2. The summed E-state index contributed by atoms with van der Waals surface area (Å²) in [6.45, 7) is 5.08. The van der Waals surface area contributed by atoms with Gasteiger partial charge < -0.3 is 15.8 Å². The van der Waals surface area contributed by atoms with Crippen LogP contribution in [0.25, 0.3) is 0 Å². The lowest BCUT2D eigenvalue weighted by Gasteiger charge is -2.17. The first kappa shape index (κ1) is 12.8. The summed E-state index contributed by atoms with van der Waals surface area (Å²) in [4.78, 5) is 11.7. The second-order valence-electron chi connectivity index (χ2n) is 3.88. The summed E-state index contributed by atoms with van der Waals surface area (Å²) in [5.41, 5.74) is 5.76. The van der Waals surface area contributed by atoms with Crippen molar-refractivity contribution < 1.29 is 9.53 Å². The Morgan fingerprint density at radius 2 is 2.40 bits per heavy atom. The molecule has 0 radical (unpaired) electrons. The lowest BCUT2D eigenvalue weighted by Crippen LogP contribution is -2.44. The maximum Gasteiger partial charge on any atom is 0.227 e. The number of hydrogen-bond acceptors (Lipinski definition) is 4. The molecule has 88 valence electrons. The van der Waals surface area contributed by atoms with Crippen molar-refractivity contribution >= 4 is 17.7 Å². The number of carbonyl (C=O) groups excluding carboxylic acids is 1. The van der Waals surface area contributed by atoms with Gasteiger partial charge in [0.25, 0.3) is 0 Å². The van der Waals surface area contributed by atoms with Crippen molar-refractivity contribution in [3.63, 3.8) is 0 Å². The van der Waals surface area contributed by atoms with E-state index in [-0.39, 0.29) is 23.9 Å². The van der Waals surface area contributed by atoms with E-state index in [0.717, 1.165) is 11.5 Å². The molecule has 1 amide bonds. The van der Waals surface area contributed by atoms with Gasteiger partial charge in [-0.3, -0.25) is 4.79 Å². The lowest BCUT2D eigenvalue weighted by molar-refractivity contribution is -0.125. The van der Waals surface area contributed by atoms with Gasteiger partial charge >= 0.3 is 0 Å². The van der Waals surface area contributed by atoms with Gasteiger partial charge in [-0.25, -0.2) is 0 Å². The molecule has 0 aromatic heterocycles. The van der Waals surface area contributed by atoms with E-state index >= 15 is 0 Å². The van der Waals surface area contributed by atoms with E-state index in [2.05, 4.69) is 12.2 Å². The minimum absolute atomic E-state index is 0.0317. The Morgan fingerprint density at radius 3 is 2.93 bits per heavy atom. The molecule has 15 heavy (non-hydrogen) atoms. The van der Waals surface area contributed by atoms with Gasteiger partial charge in [0.1, 0.15) is 0 Å². The Morgan fingerprint density at radius 1 is 1.67 bits per heavy atom. The first-order chi connectivity index (χ1) is 7.15. The molecule has 3 N–H and O–H groups in total. The van der Waals surface area contributed by atoms with Gasteiger partial charge in [-0.05, 0) is 12.7 Å². The number of carbonyl (C=O) groups is 1. The van der Waals surface area contributed by atoms with Crippen LogP contribution in [0, 0.1) is 5.92 Å². The van der Waals surface area contributed by atoms with Crippen LogP contribution in [0.5, 0.6) is 0 Å². The van der Waals surface area contributed by atoms with Crippen LogP contribution in [0.4, 0.5) is 0 Å². The monoisotopic (exact) mass is 232 g/mol. The Balaban J connectivity index is 2.28. The highest BCUT2D eigenvalue weighted by Crippen LogP contribution is 2.12. The highest BCUT2D eigenvalue weighted by molar-refractivity contribution is 7.99. The van der Waals surface area contributed by atoms with Gasteiger partial charge in [-0.1, -0.05) is 6.92 Å². The largest absolute Gasteiger partial charge is 0.379 e. The van der Waals surface area contributed by atoms with Crippen molar-refractivity contribution in [2.24, 2.45) is 11.7 Å². The summed E-state index contributed by atoms with van der Waals surface area (Å²) in [5.74, 6) is 1.89. The van der Waals surface area contributed by atoms with Crippen LogP contribution >= 0.6 is 11.8 Å². The van der Waals surface area contributed by atoms with E-state index in [1.54, 1.807) is 0 Å². The standard InChI is InChI=1S/C10H20N2O2S/c1-3-15-6-7(2)12-10(13)8-4-14-5-9(8)11/h7-9H,3-6,11H2,1-2H3,(H,12,13). The molecule has 1 saturated heterocycles. The van der Waals surface area contributed by atoms with E-state index in [4.69, 9.17) is 10.5 Å². The molecule has 1 aliphatic heterocycles. The maximum atomic E-state index is 11.7. The molecule has 3 atom stereocenters. The topological polar surface area (TPSA) is 64.3 Å². The van der Waals surface area contributed by atoms with Gasteiger partial charge in [0, 0.05) is 17.8 Å². The first-order valence-electron chi connectivity index (χ1n) is 5.36. The molecular weight excluding hydrogens is 212 g/mol. The van der Waals surface area contributed by atoms with Crippen molar-refractivity contribution in [3.8, 4) is 0 Å². The molecule has 5 heteroatoms. The molecule has 1 rings (SSSR count). The minimum atomic E-state index is -0.168. The van der Waals surface area contributed by atoms with Crippen LogP contribution < -0.4 is 11.1 Å². The van der Waals surface area contributed by atoms with Crippen molar-refractivity contribution in [2.45, 2.75) is 25.9 Å². The third kappa shape index (κ3) is 4.01. The molecule has 0 aromatic carbocycles. The van der Waals surface area contributed by atoms with Gasteiger partial charge in [-0.15, -0.1) is 0 Å². The van der Waals surface area contributed by atoms with E-state index in [0.29, 0.717) is 13.2 Å². The Kier molecular flexibility index (Phi) is 5.42. The number of rotatable bonds is 5. The maximum absolute atomic E-state index is 11.7. The number of ether oxygens (including phenoxy) is 1. The average Bonchev–Trinajstić information content (AvgIpc) is 2.61. The third-order valence-electron chi connectivity index (χ3n) is 2.42.